The molecule has 1 aliphatic rings. The first kappa shape index (κ1) is 19.4. The van der Waals surface area contributed by atoms with Crippen LogP contribution < -0.4 is 14.8 Å². The van der Waals surface area contributed by atoms with Gasteiger partial charge in [0.25, 0.3) is 5.91 Å². The number of carboxylic acids is 1. The summed E-state index contributed by atoms with van der Waals surface area (Å²) in [5, 5.41) is 11.6. The third-order valence-corrected chi connectivity index (χ3v) is 4.68. The molecular formula is C21H20FNO5. The van der Waals surface area contributed by atoms with Crippen molar-refractivity contribution in [3.05, 3.63) is 53.4 Å². The molecule has 0 unspecified atom stereocenters. The normalized spacial score (nSPS) is 13.4. The Balaban J connectivity index is 1.84. The average molecular weight is 385 g/mol. The number of amides is 1. The SMILES string of the molecule is COc1ccc(-c2ccc(NC(=O)C3=C(C(=O)O)CCC3)c(F)c2)cc1OC. The molecule has 3 rings (SSSR count). The highest BCUT2D eigenvalue weighted by Crippen LogP contribution is 2.34. The molecule has 2 aromatic carbocycles. The highest BCUT2D eigenvalue weighted by molar-refractivity contribution is 6.09. The summed E-state index contributed by atoms with van der Waals surface area (Å²) < 4.78 is 25.0. The first-order valence-corrected chi connectivity index (χ1v) is 8.73. The summed E-state index contributed by atoms with van der Waals surface area (Å²) in [6, 6.07) is 9.65. The molecular weight excluding hydrogens is 365 g/mol. The van der Waals surface area contributed by atoms with E-state index in [4.69, 9.17) is 14.6 Å². The molecule has 1 amide bonds. The van der Waals surface area contributed by atoms with Crippen molar-refractivity contribution in [3.63, 3.8) is 0 Å². The number of carboxylic acid groups (broad SMARTS) is 1. The predicted octanol–water partition coefficient (Wildman–Crippen LogP) is 4.01. The molecule has 0 saturated heterocycles. The van der Waals surface area contributed by atoms with Crippen molar-refractivity contribution in [1.82, 2.24) is 0 Å². The Labute approximate surface area is 161 Å². The van der Waals surface area contributed by atoms with Crippen LogP contribution in [0.5, 0.6) is 11.5 Å². The second-order valence-corrected chi connectivity index (χ2v) is 6.33. The van der Waals surface area contributed by atoms with Gasteiger partial charge in [-0.2, -0.15) is 0 Å². The van der Waals surface area contributed by atoms with E-state index >= 15 is 0 Å². The maximum absolute atomic E-state index is 14.6. The van der Waals surface area contributed by atoms with Gasteiger partial charge in [0.2, 0.25) is 0 Å². The van der Waals surface area contributed by atoms with Gasteiger partial charge < -0.3 is 19.9 Å². The fraction of sp³-hybridized carbons (Fsp3) is 0.238. The van der Waals surface area contributed by atoms with E-state index < -0.39 is 17.7 Å². The van der Waals surface area contributed by atoms with Gasteiger partial charge in [-0.25, -0.2) is 9.18 Å². The Hall–Kier alpha value is -3.35. The lowest BCUT2D eigenvalue weighted by atomic mass is 10.0. The average Bonchev–Trinajstić information content (AvgIpc) is 3.19. The standard InChI is InChI=1S/C21H20FNO5/c1-27-18-9-7-13(11-19(18)28-2)12-6-8-17(16(22)10-12)23-20(24)14-4-3-5-15(14)21(25)26/h6-11H,3-5H2,1-2H3,(H,23,24)(H,25,26). The molecule has 1 aliphatic carbocycles. The molecule has 7 heteroatoms. The summed E-state index contributed by atoms with van der Waals surface area (Å²) in [7, 11) is 3.05. The maximum Gasteiger partial charge on any atom is 0.332 e. The molecule has 28 heavy (non-hydrogen) atoms. The van der Waals surface area contributed by atoms with E-state index in [0.717, 1.165) is 5.56 Å². The van der Waals surface area contributed by atoms with E-state index in [1.807, 2.05) is 0 Å². The Morgan fingerprint density at radius 1 is 0.964 bits per heavy atom. The van der Waals surface area contributed by atoms with Crippen molar-refractivity contribution in [2.45, 2.75) is 19.3 Å². The topological polar surface area (TPSA) is 84.9 Å². The largest absolute Gasteiger partial charge is 0.493 e. The van der Waals surface area contributed by atoms with Crippen LogP contribution in [0.3, 0.4) is 0 Å². The van der Waals surface area contributed by atoms with Crippen molar-refractivity contribution < 1.29 is 28.6 Å². The van der Waals surface area contributed by atoms with E-state index in [1.165, 1.54) is 26.4 Å². The number of aliphatic carboxylic acids is 1. The summed E-state index contributed by atoms with van der Waals surface area (Å²) in [5.74, 6) is -1.21. The molecule has 0 spiro atoms. The zero-order chi connectivity index (χ0) is 20.3. The van der Waals surface area contributed by atoms with Gasteiger partial charge in [0.1, 0.15) is 5.82 Å². The van der Waals surface area contributed by atoms with Crippen molar-refractivity contribution in [3.8, 4) is 22.6 Å². The van der Waals surface area contributed by atoms with Gasteiger partial charge in [0, 0.05) is 11.1 Å². The Morgan fingerprint density at radius 2 is 1.61 bits per heavy atom. The van der Waals surface area contributed by atoms with Crippen LogP contribution in [0.2, 0.25) is 0 Å². The lowest BCUT2D eigenvalue weighted by Gasteiger charge is -2.12. The monoisotopic (exact) mass is 385 g/mol. The van der Waals surface area contributed by atoms with Crippen LogP contribution in [-0.2, 0) is 9.59 Å². The Kier molecular flexibility index (Phi) is 5.63. The first-order chi connectivity index (χ1) is 13.4. The van der Waals surface area contributed by atoms with Crippen molar-refractivity contribution in [2.75, 3.05) is 19.5 Å². The second-order valence-electron chi connectivity index (χ2n) is 6.33. The van der Waals surface area contributed by atoms with Gasteiger partial charge in [0.05, 0.1) is 19.9 Å². The molecule has 0 saturated carbocycles. The highest BCUT2D eigenvalue weighted by atomic mass is 19.1. The number of hydrogen-bond donors (Lipinski definition) is 2. The molecule has 0 radical (unpaired) electrons. The zero-order valence-corrected chi connectivity index (χ0v) is 15.5. The minimum absolute atomic E-state index is 0.00151. The van der Waals surface area contributed by atoms with E-state index in [2.05, 4.69) is 5.32 Å². The number of methoxy groups -OCH3 is 2. The Bertz CT molecular complexity index is 967. The van der Waals surface area contributed by atoms with Crippen LogP contribution in [-0.4, -0.2) is 31.2 Å². The molecule has 146 valence electrons. The van der Waals surface area contributed by atoms with Crippen LogP contribution in [0, 0.1) is 5.82 Å². The molecule has 2 N–H and O–H groups in total. The van der Waals surface area contributed by atoms with Crippen molar-refractivity contribution in [1.29, 1.82) is 0 Å². The van der Waals surface area contributed by atoms with E-state index in [-0.39, 0.29) is 16.8 Å². The molecule has 0 atom stereocenters. The van der Waals surface area contributed by atoms with Crippen molar-refractivity contribution in [2.24, 2.45) is 0 Å². The van der Waals surface area contributed by atoms with E-state index in [9.17, 15) is 14.0 Å². The quantitative estimate of drug-likeness (QED) is 0.785. The number of halogens is 1. The first-order valence-electron chi connectivity index (χ1n) is 8.73. The van der Waals surface area contributed by atoms with Crippen LogP contribution in [0.15, 0.2) is 47.5 Å². The molecule has 2 aromatic rings. The zero-order valence-electron chi connectivity index (χ0n) is 15.5. The van der Waals surface area contributed by atoms with Crippen LogP contribution >= 0.6 is 0 Å². The highest BCUT2D eigenvalue weighted by Gasteiger charge is 2.25. The van der Waals surface area contributed by atoms with Crippen LogP contribution in [0.4, 0.5) is 10.1 Å². The minimum atomic E-state index is -1.10. The van der Waals surface area contributed by atoms with Gasteiger partial charge in [0.15, 0.2) is 11.5 Å². The summed E-state index contributed by atoms with van der Waals surface area (Å²) in [4.78, 5) is 23.6. The fourth-order valence-electron chi connectivity index (χ4n) is 3.24. The van der Waals surface area contributed by atoms with Gasteiger partial charge in [-0.3, -0.25) is 4.79 Å². The lowest BCUT2D eigenvalue weighted by Crippen LogP contribution is -2.17. The predicted molar refractivity (Wildman–Crippen MR) is 102 cm³/mol. The number of carbonyl (C=O) groups is 2. The number of benzene rings is 2. The summed E-state index contributed by atoms with van der Waals surface area (Å²) >= 11 is 0. The second kappa shape index (κ2) is 8.12. The molecule has 0 fully saturated rings. The smallest absolute Gasteiger partial charge is 0.332 e. The number of hydrogen-bond acceptors (Lipinski definition) is 4. The van der Waals surface area contributed by atoms with Gasteiger partial charge >= 0.3 is 5.97 Å². The van der Waals surface area contributed by atoms with Crippen molar-refractivity contribution >= 4 is 17.6 Å². The lowest BCUT2D eigenvalue weighted by molar-refractivity contribution is -0.133. The number of rotatable bonds is 6. The minimum Gasteiger partial charge on any atom is -0.493 e. The Morgan fingerprint density at radius 3 is 2.25 bits per heavy atom. The molecule has 0 aromatic heterocycles. The summed E-state index contributed by atoms with van der Waals surface area (Å²) in [6.07, 6.45) is 1.32. The third-order valence-electron chi connectivity index (χ3n) is 4.68. The van der Waals surface area contributed by atoms with Gasteiger partial charge in [-0.1, -0.05) is 12.1 Å². The number of ether oxygens (including phenoxy) is 2. The number of carbonyl (C=O) groups excluding carboxylic acids is 1. The third kappa shape index (κ3) is 3.83. The van der Waals surface area contributed by atoms with E-state index in [1.54, 1.807) is 24.3 Å². The molecule has 6 nitrogen and oxygen atoms in total. The van der Waals surface area contributed by atoms with Gasteiger partial charge in [-0.15, -0.1) is 0 Å². The molecule has 0 aliphatic heterocycles. The summed E-state index contributed by atoms with van der Waals surface area (Å²) in [5.41, 5.74) is 1.62. The maximum atomic E-state index is 14.6. The number of anilines is 1. The van der Waals surface area contributed by atoms with Gasteiger partial charge in [-0.05, 0) is 54.7 Å². The summed E-state index contributed by atoms with van der Waals surface area (Å²) in [6.45, 7) is 0. The fourth-order valence-corrected chi connectivity index (χ4v) is 3.24. The van der Waals surface area contributed by atoms with Crippen LogP contribution in [0.25, 0.3) is 11.1 Å². The van der Waals surface area contributed by atoms with Crippen LogP contribution in [0.1, 0.15) is 19.3 Å². The molecule has 0 bridgehead atoms. The number of nitrogens with one attached hydrogen (secondary N) is 1. The molecule has 0 heterocycles. The van der Waals surface area contributed by atoms with E-state index in [0.29, 0.717) is 36.3 Å².